The fourth-order valence-electron chi connectivity index (χ4n) is 2.77. The largest absolute Gasteiger partial charge is 0.479 e. The van der Waals surface area contributed by atoms with Gasteiger partial charge in [0.2, 0.25) is 0 Å². The summed E-state index contributed by atoms with van der Waals surface area (Å²) < 4.78 is 0. The van der Waals surface area contributed by atoms with Crippen molar-refractivity contribution in [1.82, 2.24) is 0 Å². The molecule has 2 rings (SSSR count). The molecule has 0 aromatic heterocycles. The highest BCUT2D eigenvalue weighted by Gasteiger charge is 2.35. The van der Waals surface area contributed by atoms with Gasteiger partial charge >= 0.3 is 5.97 Å². The number of carboxylic acid groups (broad SMARTS) is 1. The third-order valence-corrected chi connectivity index (χ3v) is 4.39. The number of anilines is 2. The van der Waals surface area contributed by atoms with Crippen molar-refractivity contribution in [3.8, 4) is 6.07 Å². The number of carbonyl (C=O) groups is 1. The Morgan fingerprint density at radius 2 is 1.84 bits per heavy atom. The van der Waals surface area contributed by atoms with Gasteiger partial charge in [0, 0.05) is 24.5 Å². The monoisotopic (exact) mass is 337 g/mol. The number of hydrogen-bond donors (Lipinski definition) is 2. The summed E-state index contributed by atoms with van der Waals surface area (Å²) >= 11 is 0. The normalized spacial score (nSPS) is 12.7. The van der Waals surface area contributed by atoms with Crippen LogP contribution in [0.25, 0.3) is 0 Å². The van der Waals surface area contributed by atoms with Gasteiger partial charge in [-0.15, -0.1) is 0 Å². The summed E-state index contributed by atoms with van der Waals surface area (Å²) in [6, 6.07) is 16.4. The molecule has 0 bridgehead atoms. The van der Waals surface area contributed by atoms with Gasteiger partial charge in [-0.25, -0.2) is 4.79 Å². The van der Waals surface area contributed by atoms with Gasteiger partial charge in [0.15, 0.2) is 5.54 Å². The van der Waals surface area contributed by atoms with E-state index in [2.05, 4.69) is 30.1 Å². The molecule has 1 unspecified atom stereocenters. The molecule has 2 aromatic carbocycles. The molecule has 2 aromatic rings. The molecular weight excluding hydrogens is 314 g/mol. The molecule has 2 N–H and O–H groups in total. The first-order chi connectivity index (χ1) is 11.9. The lowest BCUT2D eigenvalue weighted by Gasteiger charge is -2.30. The van der Waals surface area contributed by atoms with E-state index in [-0.39, 0.29) is 0 Å². The van der Waals surface area contributed by atoms with Crippen LogP contribution in [0.1, 0.15) is 31.9 Å². The number of hydrogen-bond acceptors (Lipinski definition) is 4. The minimum atomic E-state index is -1.28. The van der Waals surface area contributed by atoms with E-state index in [0.717, 1.165) is 18.8 Å². The number of carboxylic acids is 1. The van der Waals surface area contributed by atoms with E-state index in [0.29, 0.717) is 16.8 Å². The molecule has 0 aliphatic carbocycles. The number of nitrogens with one attached hydrogen (secondary N) is 1. The Morgan fingerprint density at radius 3 is 2.36 bits per heavy atom. The number of aliphatic carboxylic acids is 1. The standard InChI is InChI=1S/C20H23N3O2/c1-4-23(5-2)18-8-6-7-16(13-18)20(3,19(24)25)22-17-11-9-15(14-21)10-12-17/h6-13,22H,4-5H2,1-3H3,(H,24,25). The Hall–Kier alpha value is -3.00. The van der Waals surface area contributed by atoms with E-state index >= 15 is 0 Å². The zero-order valence-electron chi connectivity index (χ0n) is 14.8. The summed E-state index contributed by atoms with van der Waals surface area (Å²) in [6.45, 7) is 7.50. The van der Waals surface area contributed by atoms with E-state index in [9.17, 15) is 9.90 Å². The predicted molar refractivity (Wildman–Crippen MR) is 99.8 cm³/mol. The molecule has 0 aliphatic rings. The SMILES string of the molecule is CCN(CC)c1cccc(C(C)(Nc2ccc(C#N)cc2)C(=O)O)c1. The van der Waals surface area contributed by atoms with Crippen LogP contribution in [0, 0.1) is 11.3 Å². The third-order valence-electron chi connectivity index (χ3n) is 4.39. The number of benzene rings is 2. The first-order valence-corrected chi connectivity index (χ1v) is 8.31. The first kappa shape index (κ1) is 18.3. The first-order valence-electron chi connectivity index (χ1n) is 8.31. The molecule has 0 aliphatic heterocycles. The van der Waals surface area contributed by atoms with Crippen molar-refractivity contribution < 1.29 is 9.90 Å². The zero-order valence-corrected chi connectivity index (χ0v) is 14.8. The molecule has 5 nitrogen and oxygen atoms in total. The second-order valence-electron chi connectivity index (χ2n) is 5.97. The van der Waals surface area contributed by atoms with Crippen molar-refractivity contribution >= 4 is 17.3 Å². The van der Waals surface area contributed by atoms with Gasteiger partial charge < -0.3 is 15.3 Å². The zero-order chi connectivity index (χ0) is 18.4. The van der Waals surface area contributed by atoms with Gasteiger partial charge in [-0.05, 0) is 62.7 Å². The molecule has 0 heterocycles. The van der Waals surface area contributed by atoms with Gasteiger partial charge in [0.25, 0.3) is 0 Å². The van der Waals surface area contributed by atoms with E-state index in [1.807, 2.05) is 24.3 Å². The fourth-order valence-corrected chi connectivity index (χ4v) is 2.77. The number of nitrogens with zero attached hydrogens (tertiary/aromatic N) is 2. The van der Waals surface area contributed by atoms with Crippen LogP contribution in [-0.2, 0) is 10.3 Å². The van der Waals surface area contributed by atoms with Crippen molar-refractivity contribution in [2.45, 2.75) is 26.3 Å². The van der Waals surface area contributed by atoms with Gasteiger partial charge in [-0.2, -0.15) is 5.26 Å². The Labute approximate surface area is 148 Å². The molecule has 0 fully saturated rings. The van der Waals surface area contributed by atoms with Crippen LogP contribution in [0.15, 0.2) is 48.5 Å². The molecule has 0 amide bonds. The highest BCUT2D eigenvalue weighted by Crippen LogP contribution is 2.29. The van der Waals surface area contributed by atoms with Gasteiger partial charge in [0.05, 0.1) is 11.6 Å². The second-order valence-corrected chi connectivity index (χ2v) is 5.97. The van der Waals surface area contributed by atoms with E-state index in [4.69, 9.17) is 5.26 Å². The minimum Gasteiger partial charge on any atom is -0.479 e. The maximum atomic E-state index is 12.0. The fraction of sp³-hybridized carbons (Fsp3) is 0.300. The molecule has 25 heavy (non-hydrogen) atoms. The molecule has 5 heteroatoms. The summed E-state index contributed by atoms with van der Waals surface area (Å²) in [4.78, 5) is 14.2. The Bertz CT molecular complexity index is 776. The maximum absolute atomic E-state index is 12.0. The quantitative estimate of drug-likeness (QED) is 0.803. The van der Waals surface area contributed by atoms with Crippen LogP contribution in [0.5, 0.6) is 0 Å². The molecular formula is C20H23N3O2. The van der Waals surface area contributed by atoms with Crippen molar-refractivity contribution in [2.75, 3.05) is 23.3 Å². The predicted octanol–water partition coefficient (Wildman–Crippen LogP) is 3.82. The summed E-state index contributed by atoms with van der Waals surface area (Å²) in [5.41, 5.74) is 1.57. The lowest BCUT2D eigenvalue weighted by molar-refractivity contribution is -0.142. The second kappa shape index (κ2) is 7.71. The topological polar surface area (TPSA) is 76.4 Å². The van der Waals surface area contributed by atoms with Crippen molar-refractivity contribution in [3.63, 3.8) is 0 Å². The molecule has 130 valence electrons. The van der Waals surface area contributed by atoms with Crippen LogP contribution in [0.3, 0.4) is 0 Å². The smallest absolute Gasteiger partial charge is 0.333 e. The third kappa shape index (κ3) is 3.92. The van der Waals surface area contributed by atoms with Crippen LogP contribution in [0.2, 0.25) is 0 Å². The van der Waals surface area contributed by atoms with Crippen LogP contribution >= 0.6 is 0 Å². The summed E-state index contributed by atoms with van der Waals surface area (Å²) in [5.74, 6) is -0.964. The van der Waals surface area contributed by atoms with Crippen LogP contribution in [-0.4, -0.2) is 24.2 Å². The molecule has 0 radical (unpaired) electrons. The van der Waals surface area contributed by atoms with Crippen LogP contribution < -0.4 is 10.2 Å². The van der Waals surface area contributed by atoms with Crippen LogP contribution in [0.4, 0.5) is 11.4 Å². The summed E-state index contributed by atoms with van der Waals surface area (Å²) in [7, 11) is 0. The number of rotatable bonds is 7. The molecule has 0 spiro atoms. The lowest BCUT2D eigenvalue weighted by Crippen LogP contribution is -2.40. The average Bonchev–Trinajstić information content (AvgIpc) is 2.63. The Kier molecular flexibility index (Phi) is 5.66. The molecule has 0 saturated carbocycles. The van der Waals surface area contributed by atoms with Crippen molar-refractivity contribution in [1.29, 1.82) is 5.26 Å². The molecule has 0 saturated heterocycles. The Balaban J connectivity index is 2.40. The number of nitriles is 1. The lowest BCUT2D eigenvalue weighted by atomic mass is 9.91. The van der Waals surface area contributed by atoms with Gasteiger partial charge in [0.1, 0.15) is 0 Å². The van der Waals surface area contributed by atoms with E-state index in [1.54, 1.807) is 31.2 Å². The van der Waals surface area contributed by atoms with E-state index in [1.165, 1.54) is 0 Å². The van der Waals surface area contributed by atoms with Gasteiger partial charge in [-0.3, -0.25) is 0 Å². The Morgan fingerprint density at radius 1 is 1.20 bits per heavy atom. The average molecular weight is 337 g/mol. The van der Waals surface area contributed by atoms with Gasteiger partial charge in [-0.1, -0.05) is 12.1 Å². The maximum Gasteiger partial charge on any atom is 0.333 e. The van der Waals surface area contributed by atoms with Crippen molar-refractivity contribution in [2.24, 2.45) is 0 Å². The summed E-state index contributed by atoms with van der Waals surface area (Å²) in [5, 5.41) is 21.8. The highest BCUT2D eigenvalue weighted by atomic mass is 16.4. The minimum absolute atomic E-state index is 0.533. The van der Waals surface area contributed by atoms with Crippen molar-refractivity contribution in [3.05, 3.63) is 59.7 Å². The summed E-state index contributed by atoms with van der Waals surface area (Å²) in [6.07, 6.45) is 0. The van der Waals surface area contributed by atoms with E-state index < -0.39 is 11.5 Å². The molecule has 1 atom stereocenters. The highest BCUT2D eigenvalue weighted by molar-refractivity contribution is 5.84.